The molecule has 0 spiro atoms. The van der Waals surface area contributed by atoms with Crippen LogP contribution in [0.2, 0.25) is 0 Å². The maximum absolute atomic E-state index is 4.32. The number of alkyl halides is 1. The average Bonchev–Trinajstić information content (AvgIpc) is 2.14. The Hall–Kier alpha value is 0.220. The Bertz CT molecular complexity index is 231. The maximum atomic E-state index is 4.32. The van der Waals surface area contributed by atoms with Crippen molar-refractivity contribution in [3.05, 3.63) is 12.2 Å². The molecule has 0 saturated heterocycles. The normalized spacial score (nSPS) is 49.6. The highest BCUT2D eigenvalue weighted by atomic mass is 79.9. The molecular weight excluding hydrogens is 236 g/mol. The zero-order chi connectivity index (χ0) is 9.76. The number of hydrogen-bond donors (Lipinski definition) is 0. The maximum Gasteiger partial charge on any atom is 0.0244 e. The number of hydrogen-bond acceptors (Lipinski definition) is 0. The Morgan fingerprint density at radius 3 is 1.86 bits per heavy atom. The van der Waals surface area contributed by atoms with E-state index in [-0.39, 0.29) is 0 Å². The second kappa shape index (κ2) is 3.10. The molecule has 14 heavy (non-hydrogen) atoms. The molecule has 0 aromatic rings. The van der Waals surface area contributed by atoms with Crippen LogP contribution in [0.3, 0.4) is 0 Å². The van der Waals surface area contributed by atoms with E-state index in [1.165, 1.54) is 44.1 Å². The van der Waals surface area contributed by atoms with Gasteiger partial charge in [-0.15, -0.1) is 0 Å². The van der Waals surface area contributed by atoms with E-state index < -0.39 is 0 Å². The molecule has 4 saturated carbocycles. The van der Waals surface area contributed by atoms with E-state index in [4.69, 9.17) is 0 Å². The fraction of sp³-hybridized carbons (Fsp3) is 0.846. The summed E-state index contributed by atoms with van der Waals surface area (Å²) >= 11 is 3.61. The van der Waals surface area contributed by atoms with Crippen molar-refractivity contribution < 1.29 is 0 Å². The molecule has 4 rings (SSSR count). The van der Waals surface area contributed by atoms with Gasteiger partial charge in [0.25, 0.3) is 0 Å². The fourth-order valence-electron chi connectivity index (χ4n) is 4.69. The van der Waals surface area contributed by atoms with Crippen LogP contribution in [0.25, 0.3) is 0 Å². The summed E-state index contributed by atoms with van der Waals surface area (Å²) in [7, 11) is 0. The highest BCUT2D eigenvalue weighted by molar-refractivity contribution is 9.09. The van der Waals surface area contributed by atoms with Crippen LogP contribution in [0.5, 0.6) is 0 Å². The van der Waals surface area contributed by atoms with Gasteiger partial charge in [0.1, 0.15) is 0 Å². The van der Waals surface area contributed by atoms with Crippen molar-refractivity contribution in [1.82, 2.24) is 0 Å². The minimum Gasteiger partial charge on any atom is -0.0985 e. The topological polar surface area (TPSA) is 0 Å². The molecule has 0 aromatic carbocycles. The van der Waals surface area contributed by atoms with Crippen molar-refractivity contribution in [1.29, 1.82) is 0 Å². The van der Waals surface area contributed by atoms with Crippen LogP contribution >= 0.6 is 15.9 Å². The van der Waals surface area contributed by atoms with Crippen LogP contribution in [0.15, 0.2) is 12.2 Å². The van der Waals surface area contributed by atoms with Crippen molar-refractivity contribution in [2.24, 2.45) is 23.2 Å². The molecule has 0 N–H and O–H groups in total. The van der Waals surface area contributed by atoms with Gasteiger partial charge in [-0.3, -0.25) is 0 Å². The summed E-state index contributed by atoms with van der Waals surface area (Å²) in [5, 5.41) is 1.03. The van der Waals surface area contributed by atoms with E-state index in [1.807, 2.05) is 0 Å². The minimum atomic E-state index is 0.568. The first kappa shape index (κ1) is 9.45. The molecule has 0 heterocycles. The highest BCUT2D eigenvalue weighted by Crippen LogP contribution is 2.62. The lowest BCUT2D eigenvalue weighted by molar-refractivity contribution is -0.0297. The molecule has 78 valence electrons. The number of allylic oxidation sites excluding steroid dienone is 1. The Balaban J connectivity index is 1.91. The van der Waals surface area contributed by atoms with Gasteiger partial charge < -0.3 is 0 Å². The third kappa shape index (κ3) is 1.24. The third-order valence-electron chi connectivity index (χ3n) is 4.95. The second-order valence-electron chi connectivity index (χ2n) is 5.94. The highest BCUT2D eigenvalue weighted by Gasteiger charge is 2.51. The average molecular weight is 255 g/mol. The molecule has 4 aliphatic carbocycles. The smallest absolute Gasteiger partial charge is 0.0244 e. The van der Waals surface area contributed by atoms with Gasteiger partial charge in [-0.1, -0.05) is 28.1 Å². The van der Waals surface area contributed by atoms with Crippen LogP contribution in [-0.2, 0) is 0 Å². The van der Waals surface area contributed by atoms with E-state index in [9.17, 15) is 0 Å². The van der Waals surface area contributed by atoms with Crippen molar-refractivity contribution >= 4 is 15.9 Å². The van der Waals surface area contributed by atoms with Gasteiger partial charge in [0.2, 0.25) is 0 Å². The van der Waals surface area contributed by atoms with E-state index >= 15 is 0 Å². The number of halogens is 1. The summed E-state index contributed by atoms with van der Waals surface area (Å²) in [5.41, 5.74) is 2.06. The predicted molar refractivity (Wildman–Crippen MR) is 63.5 cm³/mol. The second-order valence-corrected chi connectivity index (χ2v) is 6.50. The fourth-order valence-corrected chi connectivity index (χ4v) is 5.28. The van der Waals surface area contributed by atoms with Crippen molar-refractivity contribution in [2.45, 2.75) is 38.5 Å². The summed E-state index contributed by atoms with van der Waals surface area (Å²) in [6.45, 7) is 4.32. The monoisotopic (exact) mass is 254 g/mol. The van der Waals surface area contributed by atoms with Gasteiger partial charge in [-0.2, -0.15) is 0 Å². The summed E-state index contributed by atoms with van der Waals surface area (Å²) < 4.78 is 0. The van der Waals surface area contributed by atoms with E-state index in [1.54, 1.807) is 0 Å². The van der Waals surface area contributed by atoms with E-state index in [0.717, 1.165) is 23.1 Å². The molecule has 0 unspecified atom stereocenters. The predicted octanol–water partition coefficient (Wildman–Crippen LogP) is 4.15. The Morgan fingerprint density at radius 1 is 1.07 bits per heavy atom. The molecule has 0 aromatic heterocycles. The molecule has 0 atom stereocenters. The lowest BCUT2D eigenvalue weighted by atomic mass is 9.48. The Labute approximate surface area is 95.3 Å². The summed E-state index contributed by atoms with van der Waals surface area (Å²) in [6, 6.07) is 0. The molecule has 4 fully saturated rings. The first-order chi connectivity index (χ1) is 6.72. The van der Waals surface area contributed by atoms with Crippen LogP contribution in [0.1, 0.15) is 38.5 Å². The van der Waals surface area contributed by atoms with Gasteiger partial charge in [-0.25, -0.2) is 0 Å². The molecular formula is C13H19Br. The van der Waals surface area contributed by atoms with Crippen molar-refractivity contribution in [3.8, 4) is 0 Å². The lowest BCUT2D eigenvalue weighted by Gasteiger charge is -2.57. The van der Waals surface area contributed by atoms with Crippen LogP contribution in [-0.4, -0.2) is 5.33 Å². The minimum absolute atomic E-state index is 0.568. The molecule has 4 aliphatic rings. The molecule has 4 bridgehead atoms. The first-order valence-corrected chi connectivity index (χ1v) is 7.08. The van der Waals surface area contributed by atoms with Crippen molar-refractivity contribution in [2.75, 3.05) is 5.33 Å². The van der Waals surface area contributed by atoms with Crippen LogP contribution < -0.4 is 0 Å². The third-order valence-corrected chi connectivity index (χ3v) is 5.63. The van der Waals surface area contributed by atoms with Gasteiger partial charge in [0.05, 0.1) is 0 Å². The SMILES string of the molecule is C=C(CBr)C12CC3CC(CC(C3)C1)C2. The van der Waals surface area contributed by atoms with E-state index in [2.05, 4.69) is 22.5 Å². The molecule has 0 radical (unpaired) electrons. The van der Waals surface area contributed by atoms with E-state index in [0.29, 0.717) is 5.41 Å². The lowest BCUT2D eigenvalue weighted by Crippen LogP contribution is -2.47. The molecule has 0 nitrogen and oxygen atoms in total. The zero-order valence-electron chi connectivity index (χ0n) is 8.77. The van der Waals surface area contributed by atoms with Crippen molar-refractivity contribution in [3.63, 3.8) is 0 Å². The van der Waals surface area contributed by atoms with Crippen LogP contribution in [0, 0.1) is 23.2 Å². The summed E-state index contributed by atoms with van der Waals surface area (Å²) in [6.07, 6.45) is 8.99. The summed E-state index contributed by atoms with van der Waals surface area (Å²) in [4.78, 5) is 0. The Kier molecular flexibility index (Phi) is 2.09. The zero-order valence-corrected chi connectivity index (χ0v) is 10.4. The van der Waals surface area contributed by atoms with Gasteiger partial charge in [0.15, 0.2) is 0 Å². The Morgan fingerprint density at radius 2 is 1.50 bits per heavy atom. The molecule has 1 heteroatoms. The first-order valence-electron chi connectivity index (χ1n) is 5.96. The van der Waals surface area contributed by atoms with Gasteiger partial charge >= 0.3 is 0 Å². The van der Waals surface area contributed by atoms with Gasteiger partial charge in [-0.05, 0) is 61.7 Å². The molecule has 0 aliphatic heterocycles. The quantitative estimate of drug-likeness (QED) is 0.513. The largest absolute Gasteiger partial charge is 0.0985 e. The number of rotatable bonds is 2. The standard InChI is InChI=1S/C13H19Br/c1-9(8-14)13-5-10-2-11(6-13)4-12(3-10)7-13/h10-12H,1-8H2. The van der Waals surface area contributed by atoms with Gasteiger partial charge in [0, 0.05) is 5.33 Å². The summed E-state index contributed by atoms with van der Waals surface area (Å²) in [5.74, 6) is 3.16. The molecule has 0 amide bonds. The van der Waals surface area contributed by atoms with Crippen LogP contribution in [0.4, 0.5) is 0 Å².